The van der Waals surface area contributed by atoms with Crippen LogP contribution in [0.25, 0.3) is 0 Å². The summed E-state index contributed by atoms with van der Waals surface area (Å²) in [6.45, 7) is 1.35. The SMILES string of the molecule is NC(=O)c1cc[n+](C/C=C/C[n+]2ccc(C=NO)c(Cl)c2)cc1. The Morgan fingerprint density at radius 1 is 1.17 bits per heavy atom. The second kappa shape index (κ2) is 8.05. The number of nitrogens with zero attached hydrogens (tertiary/aromatic N) is 3. The molecule has 1 amide bonds. The molecule has 2 aromatic heterocycles. The Balaban J connectivity index is 1.91. The molecule has 23 heavy (non-hydrogen) atoms. The average Bonchev–Trinajstić information content (AvgIpc) is 2.54. The lowest BCUT2D eigenvalue weighted by Gasteiger charge is -1.96. The normalized spacial score (nSPS) is 11.3. The van der Waals surface area contributed by atoms with Crippen molar-refractivity contribution in [3.8, 4) is 0 Å². The van der Waals surface area contributed by atoms with Gasteiger partial charge in [0.05, 0.1) is 11.8 Å². The zero-order chi connectivity index (χ0) is 16.7. The van der Waals surface area contributed by atoms with Crippen molar-refractivity contribution in [2.75, 3.05) is 0 Å². The van der Waals surface area contributed by atoms with E-state index in [0.717, 1.165) is 0 Å². The molecule has 0 aliphatic heterocycles. The number of halogens is 1. The summed E-state index contributed by atoms with van der Waals surface area (Å²) in [5, 5.41) is 12.0. The number of hydrogen-bond donors (Lipinski definition) is 2. The zero-order valence-corrected chi connectivity index (χ0v) is 13.1. The molecule has 118 valence electrons. The summed E-state index contributed by atoms with van der Waals surface area (Å²) in [4.78, 5) is 11.0. The van der Waals surface area contributed by atoms with Crippen LogP contribution in [0.3, 0.4) is 0 Å². The van der Waals surface area contributed by atoms with Crippen LogP contribution in [-0.2, 0) is 13.1 Å². The third-order valence-corrected chi connectivity index (χ3v) is 3.49. The van der Waals surface area contributed by atoms with Crippen LogP contribution in [0.2, 0.25) is 5.02 Å². The smallest absolute Gasteiger partial charge is 0.249 e. The van der Waals surface area contributed by atoms with E-state index < -0.39 is 5.91 Å². The standard InChI is InChI=1S/C16H15ClN4O2/c17-15-12-21(10-5-14(15)11-19-23)7-2-1-6-20-8-3-13(4-9-20)16(18)22/h1-5,8-12H,6-7H2,(H-,18,22)/p+2/b2-1+. The van der Waals surface area contributed by atoms with Crippen molar-refractivity contribution in [3.63, 3.8) is 0 Å². The van der Waals surface area contributed by atoms with Gasteiger partial charge < -0.3 is 10.9 Å². The summed E-state index contributed by atoms with van der Waals surface area (Å²) in [7, 11) is 0. The summed E-state index contributed by atoms with van der Waals surface area (Å²) in [6, 6.07) is 5.14. The maximum atomic E-state index is 11.0. The van der Waals surface area contributed by atoms with Crippen LogP contribution in [0.5, 0.6) is 0 Å². The number of pyridine rings is 2. The summed E-state index contributed by atoms with van der Waals surface area (Å²) >= 11 is 6.07. The van der Waals surface area contributed by atoms with Crippen molar-refractivity contribution in [1.82, 2.24) is 0 Å². The number of aromatic nitrogens is 2. The number of hydrogen-bond acceptors (Lipinski definition) is 3. The van der Waals surface area contributed by atoms with Crippen LogP contribution >= 0.6 is 11.6 Å². The minimum absolute atomic E-state index is 0.435. The fraction of sp³-hybridized carbons (Fsp3) is 0.125. The van der Waals surface area contributed by atoms with E-state index in [4.69, 9.17) is 22.5 Å². The number of allylic oxidation sites excluding steroid dienone is 2. The number of primary amides is 1. The van der Waals surface area contributed by atoms with Crippen molar-refractivity contribution in [3.05, 3.63) is 71.3 Å². The fourth-order valence-electron chi connectivity index (χ4n) is 1.94. The van der Waals surface area contributed by atoms with Gasteiger partial charge in [-0.1, -0.05) is 16.8 Å². The molecular weight excluding hydrogens is 316 g/mol. The van der Waals surface area contributed by atoms with Crippen molar-refractivity contribution in [2.24, 2.45) is 10.9 Å². The molecule has 0 aliphatic rings. The van der Waals surface area contributed by atoms with Crippen molar-refractivity contribution >= 4 is 23.7 Å². The van der Waals surface area contributed by atoms with Gasteiger partial charge in [0.1, 0.15) is 5.02 Å². The molecule has 0 spiro atoms. The highest BCUT2D eigenvalue weighted by molar-refractivity contribution is 6.32. The van der Waals surface area contributed by atoms with Crippen LogP contribution < -0.4 is 14.9 Å². The summed E-state index contributed by atoms with van der Waals surface area (Å²) < 4.78 is 3.84. The van der Waals surface area contributed by atoms with Crippen LogP contribution in [0.4, 0.5) is 0 Å². The topological polar surface area (TPSA) is 83.4 Å². The van der Waals surface area contributed by atoms with E-state index in [0.29, 0.717) is 29.2 Å². The second-order valence-corrected chi connectivity index (χ2v) is 5.22. The largest absolute Gasteiger partial charge is 0.411 e. The molecule has 0 unspecified atom stereocenters. The number of oxime groups is 1. The van der Waals surface area contributed by atoms with Gasteiger partial charge in [-0.2, -0.15) is 4.57 Å². The maximum Gasteiger partial charge on any atom is 0.249 e. The summed E-state index contributed by atoms with van der Waals surface area (Å²) in [6.07, 6.45) is 12.5. The lowest BCUT2D eigenvalue weighted by atomic mass is 10.2. The van der Waals surface area contributed by atoms with Gasteiger partial charge in [0.2, 0.25) is 5.91 Å². The minimum atomic E-state index is -0.435. The maximum absolute atomic E-state index is 11.0. The Hall–Kier alpha value is -2.73. The third kappa shape index (κ3) is 4.89. The van der Waals surface area contributed by atoms with E-state index in [9.17, 15) is 4.79 Å². The lowest BCUT2D eigenvalue weighted by Crippen LogP contribution is -2.34. The Kier molecular flexibility index (Phi) is 5.82. The second-order valence-electron chi connectivity index (χ2n) is 4.81. The number of carbonyl (C=O) groups excluding carboxylic acids is 1. The first-order valence-electron chi connectivity index (χ1n) is 6.90. The molecule has 6 nitrogen and oxygen atoms in total. The van der Waals surface area contributed by atoms with E-state index in [1.54, 1.807) is 36.8 Å². The summed E-state index contributed by atoms with van der Waals surface area (Å²) in [5.41, 5.74) is 6.33. The molecule has 0 aromatic carbocycles. The molecule has 0 bridgehead atoms. The van der Waals surface area contributed by atoms with Gasteiger partial charge in [0.15, 0.2) is 37.9 Å². The molecule has 2 heterocycles. The van der Waals surface area contributed by atoms with E-state index in [1.165, 1.54) is 6.21 Å². The van der Waals surface area contributed by atoms with E-state index in [2.05, 4.69) is 5.16 Å². The fourth-order valence-corrected chi connectivity index (χ4v) is 2.17. The first-order chi connectivity index (χ1) is 11.1. The third-order valence-electron chi connectivity index (χ3n) is 3.17. The number of rotatable bonds is 6. The molecule has 0 saturated heterocycles. The van der Waals surface area contributed by atoms with Crippen molar-refractivity contribution in [2.45, 2.75) is 13.1 Å². The van der Waals surface area contributed by atoms with Crippen molar-refractivity contribution in [1.29, 1.82) is 0 Å². The molecule has 7 heteroatoms. The first-order valence-corrected chi connectivity index (χ1v) is 7.28. The average molecular weight is 333 g/mol. The Labute approximate surface area is 138 Å². The number of amides is 1. The first kappa shape index (κ1) is 16.6. The molecule has 0 radical (unpaired) electrons. The molecule has 0 saturated carbocycles. The van der Waals surface area contributed by atoms with E-state index in [-0.39, 0.29) is 0 Å². The summed E-state index contributed by atoms with van der Waals surface area (Å²) in [5.74, 6) is -0.435. The van der Waals surface area contributed by atoms with Crippen LogP contribution in [0.1, 0.15) is 15.9 Å². The monoisotopic (exact) mass is 332 g/mol. The number of nitrogens with two attached hydrogens (primary N) is 1. The Morgan fingerprint density at radius 2 is 1.78 bits per heavy atom. The molecule has 0 aliphatic carbocycles. The van der Waals surface area contributed by atoms with Gasteiger partial charge in [-0.05, 0) is 12.2 Å². The van der Waals surface area contributed by atoms with E-state index >= 15 is 0 Å². The van der Waals surface area contributed by atoms with Gasteiger partial charge in [-0.3, -0.25) is 4.79 Å². The molecular formula is C16H17ClN4O2+2. The molecule has 2 aromatic rings. The number of carbonyl (C=O) groups is 1. The highest BCUT2D eigenvalue weighted by Gasteiger charge is 2.05. The predicted octanol–water partition coefficient (Wildman–Crippen LogP) is 1.08. The Bertz CT molecular complexity index is 742. The minimum Gasteiger partial charge on any atom is -0.411 e. The zero-order valence-electron chi connectivity index (χ0n) is 12.3. The van der Waals surface area contributed by atoms with E-state index in [1.807, 2.05) is 27.5 Å². The molecule has 3 N–H and O–H groups in total. The van der Waals surface area contributed by atoms with Crippen LogP contribution in [0, 0.1) is 0 Å². The quantitative estimate of drug-likeness (QED) is 0.273. The van der Waals surface area contributed by atoms with Gasteiger partial charge in [0.25, 0.3) is 0 Å². The van der Waals surface area contributed by atoms with Gasteiger partial charge in [-0.15, -0.1) is 0 Å². The lowest BCUT2D eigenvalue weighted by molar-refractivity contribution is -0.691. The predicted molar refractivity (Wildman–Crippen MR) is 85.3 cm³/mol. The highest BCUT2D eigenvalue weighted by atomic mass is 35.5. The van der Waals surface area contributed by atoms with Gasteiger partial charge in [-0.25, -0.2) is 4.57 Å². The Morgan fingerprint density at radius 3 is 2.35 bits per heavy atom. The van der Waals surface area contributed by atoms with Crippen LogP contribution in [0.15, 0.2) is 60.3 Å². The highest BCUT2D eigenvalue weighted by Crippen LogP contribution is 2.09. The molecule has 0 fully saturated rings. The van der Waals surface area contributed by atoms with Crippen molar-refractivity contribution < 1.29 is 19.1 Å². The molecule has 2 rings (SSSR count). The van der Waals surface area contributed by atoms with Gasteiger partial charge in [0, 0.05) is 23.8 Å². The molecule has 0 atom stereocenters. The van der Waals surface area contributed by atoms with Crippen LogP contribution in [-0.4, -0.2) is 17.3 Å². The van der Waals surface area contributed by atoms with Gasteiger partial charge >= 0.3 is 0 Å².